The molecular weight excluding hydrogens is 159 g/mol. The average molecular weight is 165 g/mol. The molecule has 0 fully saturated rings. The summed E-state index contributed by atoms with van der Waals surface area (Å²) >= 11 is 1.77. The van der Waals surface area contributed by atoms with E-state index in [-0.39, 0.29) is 40.8 Å². The van der Waals surface area contributed by atoms with E-state index in [1.54, 1.807) is 0 Å². The SMILES string of the molecule is O=S([O-])CCS.[Na+].[OH-]. The summed E-state index contributed by atoms with van der Waals surface area (Å²) in [4.78, 5) is 0. The molecule has 0 saturated heterocycles. The van der Waals surface area contributed by atoms with E-state index in [0.717, 1.165) is 0 Å². The van der Waals surface area contributed by atoms with Gasteiger partial charge in [0.15, 0.2) is 0 Å². The van der Waals surface area contributed by atoms with Crippen molar-refractivity contribution in [2.45, 2.75) is 0 Å². The summed E-state index contributed by atoms with van der Waals surface area (Å²) in [6.45, 7) is 0. The summed E-state index contributed by atoms with van der Waals surface area (Å²) in [6.07, 6.45) is 0. The summed E-state index contributed by atoms with van der Waals surface area (Å²) < 4.78 is 19.1. The van der Waals surface area contributed by atoms with Crippen molar-refractivity contribution < 1.29 is 43.8 Å². The molecule has 0 aliphatic heterocycles. The molecule has 0 aromatic carbocycles. The Morgan fingerprint density at radius 1 is 1.62 bits per heavy atom. The first-order valence-electron chi connectivity index (χ1n) is 1.44. The summed E-state index contributed by atoms with van der Waals surface area (Å²) in [5.41, 5.74) is 0. The molecule has 0 bridgehead atoms. The topological polar surface area (TPSA) is 70.1 Å². The van der Waals surface area contributed by atoms with Crippen molar-refractivity contribution in [3.05, 3.63) is 0 Å². The Kier molecular flexibility index (Phi) is 22.8. The van der Waals surface area contributed by atoms with Crippen molar-refractivity contribution in [2.24, 2.45) is 0 Å². The third kappa shape index (κ3) is 15.7. The van der Waals surface area contributed by atoms with Crippen LogP contribution in [0, 0.1) is 0 Å². The molecule has 0 aliphatic rings. The van der Waals surface area contributed by atoms with Gasteiger partial charge in [0, 0.05) is 11.5 Å². The number of thiol groups is 1. The van der Waals surface area contributed by atoms with Gasteiger partial charge < -0.3 is 10.0 Å². The molecule has 3 nitrogen and oxygen atoms in total. The number of rotatable bonds is 2. The summed E-state index contributed by atoms with van der Waals surface area (Å²) in [5, 5.41) is 0. The number of hydrogen-bond acceptors (Lipinski definition) is 4. The normalized spacial score (nSPS) is 10.8. The fraction of sp³-hybridized carbons (Fsp3) is 1.00. The Morgan fingerprint density at radius 2 is 2.00 bits per heavy atom. The zero-order valence-corrected chi connectivity index (χ0v) is 8.24. The van der Waals surface area contributed by atoms with Crippen molar-refractivity contribution >= 4 is 23.7 Å². The second-order valence-corrected chi connectivity index (χ2v) is 2.19. The first-order chi connectivity index (χ1) is 2.77. The predicted octanol–water partition coefficient (Wildman–Crippen LogP) is -3.38. The zero-order valence-electron chi connectivity index (χ0n) is 4.53. The molecule has 8 heavy (non-hydrogen) atoms. The Balaban J connectivity index is -0.000000125. The van der Waals surface area contributed by atoms with Crippen molar-refractivity contribution in [2.75, 3.05) is 11.5 Å². The first-order valence-corrected chi connectivity index (χ1v) is 3.31. The van der Waals surface area contributed by atoms with Crippen LogP contribution in [-0.2, 0) is 11.1 Å². The second-order valence-electron chi connectivity index (χ2n) is 0.731. The predicted molar refractivity (Wildman–Crippen MR) is 29.6 cm³/mol. The van der Waals surface area contributed by atoms with Gasteiger partial charge in [-0.05, 0) is 0 Å². The quantitative estimate of drug-likeness (QED) is 0.264. The molecule has 0 rings (SSSR count). The van der Waals surface area contributed by atoms with Crippen molar-refractivity contribution in [3.8, 4) is 0 Å². The maximum atomic E-state index is 9.55. The van der Waals surface area contributed by atoms with Gasteiger partial charge in [-0.25, -0.2) is 0 Å². The van der Waals surface area contributed by atoms with Crippen molar-refractivity contribution in [3.63, 3.8) is 0 Å². The van der Waals surface area contributed by atoms with Crippen LogP contribution in [-0.4, -0.2) is 25.7 Å². The Morgan fingerprint density at radius 3 is 2.00 bits per heavy atom. The smallest absolute Gasteiger partial charge is 0.870 e. The Hall–Kier alpha value is 1.42. The molecule has 1 atom stereocenters. The summed E-state index contributed by atoms with van der Waals surface area (Å²) in [7, 11) is 0. The van der Waals surface area contributed by atoms with Gasteiger partial charge in [-0.15, -0.1) is 0 Å². The maximum Gasteiger partial charge on any atom is 1.00 e. The van der Waals surface area contributed by atoms with Crippen LogP contribution in [0.2, 0.25) is 0 Å². The molecule has 0 aliphatic carbocycles. The van der Waals surface area contributed by atoms with Crippen molar-refractivity contribution in [1.29, 1.82) is 0 Å². The monoisotopic (exact) mass is 165 g/mol. The van der Waals surface area contributed by atoms with Gasteiger partial charge in [-0.1, -0.05) is 11.1 Å². The summed E-state index contributed by atoms with van der Waals surface area (Å²) in [5.74, 6) is 0.569. The first kappa shape index (κ1) is 16.2. The fourth-order valence-electron chi connectivity index (χ4n) is 0.0745. The second kappa shape index (κ2) is 11.2. The van der Waals surface area contributed by atoms with E-state index >= 15 is 0 Å². The van der Waals surface area contributed by atoms with Gasteiger partial charge in [0.05, 0.1) is 0 Å². The van der Waals surface area contributed by atoms with E-state index in [0.29, 0.717) is 5.75 Å². The maximum absolute atomic E-state index is 9.55. The molecule has 0 amide bonds. The molecule has 1 unspecified atom stereocenters. The fourth-order valence-corrected chi connectivity index (χ4v) is 0.671. The van der Waals surface area contributed by atoms with E-state index in [1.165, 1.54) is 0 Å². The average Bonchev–Trinajstić information content (AvgIpc) is 1.35. The Labute approximate surface area is 78.5 Å². The van der Waals surface area contributed by atoms with Crippen LogP contribution in [0.3, 0.4) is 0 Å². The zero-order chi connectivity index (χ0) is 4.99. The van der Waals surface area contributed by atoms with Crippen LogP contribution in [0.25, 0.3) is 0 Å². The third-order valence-electron chi connectivity index (χ3n) is 0.258. The number of hydrogen-bond donors (Lipinski definition) is 1. The molecule has 0 radical (unpaired) electrons. The minimum absolute atomic E-state index is 0. The van der Waals surface area contributed by atoms with E-state index in [1.807, 2.05) is 0 Å². The van der Waals surface area contributed by atoms with Crippen molar-refractivity contribution in [1.82, 2.24) is 0 Å². The van der Waals surface area contributed by atoms with Gasteiger partial charge in [0.1, 0.15) is 0 Å². The van der Waals surface area contributed by atoms with Crippen LogP contribution < -0.4 is 29.6 Å². The molecule has 0 aromatic heterocycles. The van der Waals surface area contributed by atoms with E-state index in [9.17, 15) is 8.76 Å². The van der Waals surface area contributed by atoms with Gasteiger partial charge in [-0.3, -0.25) is 4.21 Å². The minimum Gasteiger partial charge on any atom is -0.870 e. The van der Waals surface area contributed by atoms with Crippen LogP contribution in [0.15, 0.2) is 0 Å². The molecular formula is C2H6NaO3S2-. The van der Waals surface area contributed by atoms with Gasteiger partial charge in [0.25, 0.3) is 0 Å². The minimum atomic E-state index is -1.89. The van der Waals surface area contributed by atoms with Gasteiger partial charge >= 0.3 is 29.6 Å². The molecule has 0 saturated carbocycles. The van der Waals surface area contributed by atoms with E-state index < -0.39 is 11.1 Å². The molecule has 0 spiro atoms. The molecule has 46 valence electrons. The van der Waals surface area contributed by atoms with Gasteiger partial charge in [-0.2, -0.15) is 12.6 Å². The molecule has 0 aromatic rings. The summed E-state index contributed by atoms with van der Waals surface area (Å²) in [6, 6.07) is 0. The Bertz CT molecular complexity index is 59.2. The van der Waals surface area contributed by atoms with Crippen LogP contribution in [0.1, 0.15) is 0 Å². The van der Waals surface area contributed by atoms with Crippen LogP contribution in [0.4, 0.5) is 0 Å². The largest absolute Gasteiger partial charge is 1.00 e. The van der Waals surface area contributed by atoms with Gasteiger partial charge in [0.2, 0.25) is 0 Å². The standard InChI is InChI=1S/C2H6O2S2.Na.H2O/c3-6(4)2-1-5;;/h5H,1-2H2,(H,3,4);;1H2/q;+1;/p-2. The van der Waals surface area contributed by atoms with E-state index in [2.05, 4.69) is 12.6 Å². The third-order valence-corrected chi connectivity index (χ3v) is 1.32. The molecule has 6 heteroatoms. The molecule has 1 N–H and O–H groups in total. The van der Waals surface area contributed by atoms with Crippen LogP contribution in [0.5, 0.6) is 0 Å². The van der Waals surface area contributed by atoms with Crippen LogP contribution >= 0.6 is 12.6 Å². The molecule has 0 heterocycles. The van der Waals surface area contributed by atoms with E-state index in [4.69, 9.17) is 0 Å².